The summed E-state index contributed by atoms with van der Waals surface area (Å²) in [7, 11) is 0. The number of carbonyl (C=O) groups excluding carboxylic acids is 1. The summed E-state index contributed by atoms with van der Waals surface area (Å²) >= 11 is 5.83. The maximum absolute atomic E-state index is 12.0. The molecule has 1 atom stereocenters. The molecule has 18 heavy (non-hydrogen) atoms. The smallest absolute Gasteiger partial charge is 0.255 e. The van der Waals surface area contributed by atoms with Gasteiger partial charge in [-0.1, -0.05) is 11.6 Å². The molecule has 1 aliphatic rings. The van der Waals surface area contributed by atoms with E-state index < -0.39 is 0 Å². The number of benzene rings is 1. The Bertz CT molecular complexity index is 429. The van der Waals surface area contributed by atoms with E-state index in [2.05, 4.69) is 10.6 Å². The lowest BCUT2D eigenvalue weighted by molar-refractivity contribution is 0.0931. The molecule has 2 rings (SSSR count). The maximum Gasteiger partial charge on any atom is 0.255 e. The summed E-state index contributed by atoms with van der Waals surface area (Å²) in [4.78, 5) is 12.0. The number of halogens is 1. The average molecular weight is 269 g/mol. The topological polar surface area (TPSA) is 61.4 Å². The van der Waals surface area contributed by atoms with Crippen molar-refractivity contribution in [3.8, 4) is 5.75 Å². The predicted octanol–water partition coefficient (Wildman–Crippen LogP) is 1.92. The molecule has 1 unspecified atom stereocenters. The minimum Gasteiger partial charge on any atom is -0.507 e. The highest BCUT2D eigenvalue weighted by Crippen LogP contribution is 2.21. The fraction of sp³-hybridized carbons (Fsp3) is 0.462. The molecule has 0 aliphatic carbocycles. The molecule has 0 aromatic heterocycles. The van der Waals surface area contributed by atoms with Crippen molar-refractivity contribution in [2.45, 2.75) is 25.3 Å². The van der Waals surface area contributed by atoms with E-state index >= 15 is 0 Å². The van der Waals surface area contributed by atoms with Gasteiger partial charge in [0.2, 0.25) is 0 Å². The lowest BCUT2D eigenvalue weighted by atomic mass is 10.1. The molecule has 1 amide bonds. The molecule has 1 saturated heterocycles. The summed E-state index contributed by atoms with van der Waals surface area (Å²) in [5.41, 5.74) is 0.236. The van der Waals surface area contributed by atoms with Crippen LogP contribution in [0.2, 0.25) is 5.02 Å². The summed E-state index contributed by atoms with van der Waals surface area (Å²) in [6.45, 7) is 1.90. The van der Waals surface area contributed by atoms with Gasteiger partial charge in [-0.2, -0.15) is 0 Å². The second-order valence-corrected chi connectivity index (χ2v) is 4.95. The first kappa shape index (κ1) is 13.2. The van der Waals surface area contributed by atoms with Crippen LogP contribution in [0.15, 0.2) is 18.2 Å². The van der Waals surface area contributed by atoms with Crippen molar-refractivity contribution < 1.29 is 9.90 Å². The molecular formula is C13H17ClN2O2. The standard InChI is InChI=1S/C13H17ClN2O2/c14-9-3-4-12(17)11(8-9)13(18)16-10-2-1-6-15-7-5-10/h3-4,8,10,15,17H,1-2,5-7H2,(H,16,18). The van der Waals surface area contributed by atoms with Gasteiger partial charge in [-0.3, -0.25) is 4.79 Å². The molecule has 0 saturated carbocycles. The summed E-state index contributed by atoms with van der Waals surface area (Å²) in [5, 5.41) is 16.3. The Morgan fingerprint density at radius 2 is 2.22 bits per heavy atom. The maximum atomic E-state index is 12.0. The van der Waals surface area contributed by atoms with Crippen LogP contribution in [0, 0.1) is 0 Å². The zero-order valence-electron chi connectivity index (χ0n) is 10.1. The van der Waals surface area contributed by atoms with Crippen molar-refractivity contribution in [3.63, 3.8) is 0 Å². The highest BCUT2D eigenvalue weighted by molar-refractivity contribution is 6.31. The van der Waals surface area contributed by atoms with Crippen molar-refractivity contribution in [3.05, 3.63) is 28.8 Å². The Kier molecular flexibility index (Phi) is 4.44. The van der Waals surface area contributed by atoms with Crippen LogP contribution in [0.5, 0.6) is 5.75 Å². The Labute approximate surface area is 111 Å². The van der Waals surface area contributed by atoms with Crippen molar-refractivity contribution in [2.75, 3.05) is 13.1 Å². The number of phenolic OH excluding ortho intramolecular Hbond substituents is 1. The quantitative estimate of drug-likeness (QED) is 0.768. The Morgan fingerprint density at radius 3 is 3.06 bits per heavy atom. The minimum atomic E-state index is -0.262. The first-order valence-electron chi connectivity index (χ1n) is 6.17. The third-order valence-corrected chi connectivity index (χ3v) is 3.35. The van der Waals surface area contributed by atoms with E-state index in [-0.39, 0.29) is 23.3 Å². The first-order valence-corrected chi connectivity index (χ1v) is 6.54. The zero-order chi connectivity index (χ0) is 13.0. The van der Waals surface area contributed by atoms with Crippen molar-refractivity contribution >= 4 is 17.5 Å². The molecule has 98 valence electrons. The van der Waals surface area contributed by atoms with E-state index in [9.17, 15) is 9.90 Å². The van der Waals surface area contributed by atoms with E-state index in [0.717, 1.165) is 32.4 Å². The number of rotatable bonds is 2. The summed E-state index contributed by atoms with van der Waals surface area (Å²) in [6, 6.07) is 4.64. The molecule has 1 heterocycles. The lowest BCUT2D eigenvalue weighted by Crippen LogP contribution is -2.35. The second-order valence-electron chi connectivity index (χ2n) is 4.51. The van der Waals surface area contributed by atoms with E-state index in [0.29, 0.717) is 5.02 Å². The Morgan fingerprint density at radius 1 is 1.39 bits per heavy atom. The van der Waals surface area contributed by atoms with Crippen molar-refractivity contribution in [2.24, 2.45) is 0 Å². The summed E-state index contributed by atoms with van der Waals surface area (Å²) in [5.74, 6) is -0.300. The van der Waals surface area contributed by atoms with E-state index in [1.807, 2.05) is 0 Å². The van der Waals surface area contributed by atoms with Crippen LogP contribution >= 0.6 is 11.6 Å². The molecule has 3 N–H and O–H groups in total. The third-order valence-electron chi connectivity index (χ3n) is 3.11. The highest BCUT2D eigenvalue weighted by atomic mass is 35.5. The zero-order valence-corrected chi connectivity index (χ0v) is 10.8. The molecule has 1 aromatic carbocycles. The van der Waals surface area contributed by atoms with Crippen LogP contribution in [0.1, 0.15) is 29.6 Å². The van der Waals surface area contributed by atoms with Gasteiger partial charge in [0.25, 0.3) is 5.91 Å². The molecule has 4 nitrogen and oxygen atoms in total. The number of amides is 1. The predicted molar refractivity (Wildman–Crippen MR) is 71.1 cm³/mol. The molecule has 1 aromatic rings. The fourth-order valence-corrected chi connectivity index (χ4v) is 2.29. The van der Waals surface area contributed by atoms with Gasteiger partial charge in [0.1, 0.15) is 5.75 Å². The van der Waals surface area contributed by atoms with Gasteiger partial charge in [-0.05, 0) is 50.6 Å². The summed E-state index contributed by atoms with van der Waals surface area (Å²) < 4.78 is 0. The molecular weight excluding hydrogens is 252 g/mol. The van der Waals surface area contributed by atoms with E-state index in [1.54, 1.807) is 6.07 Å². The fourth-order valence-electron chi connectivity index (χ4n) is 2.12. The van der Waals surface area contributed by atoms with Gasteiger partial charge in [0.05, 0.1) is 5.56 Å². The van der Waals surface area contributed by atoms with Crippen LogP contribution < -0.4 is 10.6 Å². The van der Waals surface area contributed by atoms with Gasteiger partial charge < -0.3 is 15.7 Å². The Hall–Kier alpha value is -1.26. The number of carbonyl (C=O) groups is 1. The first-order chi connectivity index (χ1) is 8.66. The number of hydrogen-bond donors (Lipinski definition) is 3. The van der Waals surface area contributed by atoms with Gasteiger partial charge >= 0.3 is 0 Å². The van der Waals surface area contributed by atoms with Crippen LogP contribution in [-0.2, 0) is 0 Å². The normalized spacial score (nSPS) is 20.2. The van der Waals surface area contributed by atoms with E-state index in [1.165, 1.54) is 12.1 Å². The van der Waals surface area contributed by atoms with Gasteiger partial charge in [0.15, 0.2) is 0 Å². The molecule has 0 spiro atoms. The number of nitrogens with one attached hydrogen (secondary N) is 2. The Balaban J connectivity index is 2.04. The second kappa shape index (κ2) is 6.07. The van der Waals surface area contributed by atoms with Crippen molar-refractivity contribution in [1.82, 2.24) is 10.6 Å². The number of phenols is 1. The minimum absolute atomic E-state index is 0.0383. The third kappa shape index (κ3) is 3.37. The van der Waals surface area contributed by atoms with E-state index in [4.69, 9.17) is 11.6 Å². The van der Waals surface area contributed by atoms with Gasteiger partial charge in [-0.15, -0.1) is 0 Å². The van der Waals surface area contributed by atoms with Crippen LogP contribution in [0.25, 0.3) is 0 Å². The average Bonchev–Trinajstić information content (AvgIpc) is 2.61. The largest absolute Gasteiger partial charge is 0.507 e. The SMILES string of the molecule is O=C(NC1CCCNCC1)c1cc(Cl)ccc1O. The summed E-state index contributed by atoms with van der Waals surface area (Å²) in [6.07, 6.45) is 2.92. The van der Waals surface area contributed by atoms with Crippen LogP contribution in [0.4, 0.5) is 0 Å². The van der Waals surface area contributed by atoms with Gasteiger partial charge in [0, 0.05) is 11.1 Å². The van der Waals surface area contributed by atoms with Crippen molar-refractivity contribution in [1.29, 1.82) is 0 Å². The monoisotopic (exact) mass is 268 g/mol. The molecule has 1 aliphatic heterocycles. The lowest BCUT2D eigenvalue weighted by Gasteiger charge is -2.16. The molecule has 0 bridgehead atoms. The number of aromatic hydroxyl groups is 1. The van der Waals surface area contributed by atoms with Crippen LogP contribution in [0.3, 0.4) is 0 Å². The molecule has 1 fully saturated rings. The van der Waals surface area contributed by atoms with Crippen LogP contribution in [-0.4, -0.2) is 30.1 Å². The highest BCUT2D eigenvalue weighted by Gasteiger charge is 2.17. The van der Waals surface area contributed by atoms with Gasteiger partial charge in [-0.25, -0.2) is 0 Å². The number of hydrogen-bond acceptors (Lipinski definition) is 3. The molecule has 0 radical (unpaired) electrons. The molecule has 5 heteroatoms.